The summed E-state index contributed by atoms with van der Waals surface area (Å²) in [5.74, 6) is -0.659. The van der Waals surface area contributed by atoms with Crippen molar-refractivity contribution in [1.29, 1.82) is 0 Å². The van der Waals surface area contributed by atoms with Gasteiger partial charge < -0.3 is 15.0 Å². The van der Waals surface area contributed by atoms with Crippen molar-refractivity contribution in [1.82, 2.24) is 25.4 Å². The standard InChI is InChI=1S/C14H17N9O3/c1-16-7-8-23(2)14(25)26-10-6-4-3-5-9(10)11(24)17-12-18-13(20-19-12)21-22-15/h3-6,16H,7-8H2,1-2H3,(H2,17,18,19,20,24). The molecule has 0 unspecified atom stereocenters. The molecule has 0 atom stereocenters. The predicted molar refractivity (Wildman–Crippen MR) is 92.2 cm³/mol. The normalized spacial score (nSPS) is 9.92. The van der Waals surface area contributed by atoms with Crippen molar-refractivity contribution in [2.75, 3.05) is 32.5 Å². The van der Waals surface area contributed by atoms with E-state index >= 15 is 0 Å². The van der Waals surface area contributed by atoms with Crippen molar-refractivity contribution >= 4 is 23.9 Å². The molecule has 0 radical (unpaired) electrons. The smallest absolute Gasteiger partial charge is 0.409 e. The van der Waals surface area contributed by atoms with Crippen LogP contribution >= 0.6 is 0 Å². The zero-order valence-electron chi connectivity index (χ0n) is 14.1. The number of anilines is 1. The Morgan fingerprint density at radius 2 is 2.19 bits per heavy atom. The number of para-hydroxylation sites is 1. The molecule has 1 heterocycles. The van der Waals surface area contributed by atoms with Gasteiger partial charge in [0, 0.05) is 25.0 Å². The number of hydrogen-bond acceptors (Lipinski definition) is 7. The molecule has 0 fully saturated rings. The van der Waals surface area contributed by atoms with Gasteiger partial charge in [-0.3, -0.25) is 15.2 Å². The van der Waals surface area contributed by atoms with E-state index in [0.29, 0.717) is 13.1 Å². The van der Waals surface area contributed by atoms with Crippen LogP contribution in [-0.2, 0) is 0 Å². The van der Waals surface area contributed by atoms with Gasteiger partial charge in [-0.2, -0.15) is 4.98 Å². The number of carbonyl (C=O) groups excluding carboxylic acids is 2. The topological polar surface area (TPSA) is 161 Å². The molecule has 136 valence electrons. The molecule has 0 saturated carbocycles. The Hall–Kier alpha value is -3.63. The predicted octanol–water partition coefficient (Wildman–Crippen LogP) is 1.65. The van der Waals surface area contributed by atoms with Crippen LogP contribution < -0.4 is 15.4 Å². The maximum Gasteiger partial charge on any atom is 0.415 e. The highest BCUT2D eigenvalue weighted by atomic mass is 16.6. The summed E-state index contributed by atoms with van der Waals surface area (Å²) < 4.78 is 5.29. The van der Waals surface area contributed by atoms with E-state index in [9.17, 15) is 9.59 Å². The number of azide groups is 1. The summed E-state index contributed by atoms with van der Waals surface area (Å²) in [4.78, 5) is 32.2. The number of likely N-dealkylation sites (N-methyl/N-ethyl adjacent to an activating group) is 2. The average Bonchev–Trinajstić information content (AvgIpc) is 3.07. The van der Waals surface area contributed by atoms with Gasteiger partial charge in [0.15, 0.2) is 0 Å². The minimum absolute atomic E-state index is 0.0790. The van der Waals surface area contributed by atoms with E-state index in [4.69, 9.17) is 10.3 Å². The summed E-state index contributed by atoms with van der Waals surface area (Å²) in [6.45, 7) is 1.05. The van der Waals surface area contributed by atoms with E-state index < -0.39 is 12.0 Å². The molecule has 0 saturated heterocycles. The van der Waals surface area contributed by atoms with Gasteiger partial charge in [0.1, 0.15) is 5.75 Å². The molecule has 3 N–H and O–H groups in total. The average molecular weight is 359 g/mol. The Balaban J connectivity index is 2.10. The van der Waals surface area contributed by atoms with E-state index in [1.54, 1.807) is 26.2 Å². The number of ether oxygens (including phenoxy) is 1. The van der Waals surface area contributed by atoms with E-state index in [0.717, 1.165) is 0 Å². The van der Waals surface area contributed by atoms with Gasteiger partial charge in [0.25, 0.3) is 5.91 Å². The highest BCUT2D eigenvalue weighted by Gasteiger charge is 2.18. The second kappa shape index (κ2) is 9.01. The number of aromatic nitrogens is 3. The third kappa shape index (κ3) is 4.93. The second-order valence-electron chi connectivity index (χ2n) is 5.02. The van der Waals surface area contributed by atoms with Gasteiger partial charge in [-0.25, -0.2) is 4.79 Å². The molecule has 12 nitrogen and oxygen atoms in total. The molecule has 2 rings (SSSR count). The summed E-state index contributed by atoms with van der Waals surface area (Å²) in [7, 11) is 3.36. The number of H-pyrrole nitrogens is 1. The Morgan fingerprint density at radius 1 is 1.42 bits per heavy atom. The Bertz CT molecular complexity index is 829. The van der Waals surface area contributed by atoms with Crippen LogP contribution in [0.15, 0.2) is 29.4 Å². The van der Waals surface area contributed by atoms with Gasteiger partial charge in [-0.15, -0.1) is 5.10 Å². The number of nitrogens with zero attached hydrogens (tertiary/aromatic N) is 6. The van der Waals surface area contributed by atoms with E-state index in [1.807, 2.05) is 0 Å². The van der Waals surface area contributed by atoms with Gasteiger partial charge in [-0.1, -0.05) is 12.1 Å². The largest absolute Gasteiger partial charge is 0.415 e. The molecule has 1 aromatic heterocycles. The number of hydrogen-bond donors (Lipinski definition) is 3. The summed E-state index contributed by atoms with van der Waals surface area (Å²) in [5.41, 5.74) is 8.46. The Labute approximate surface area is 148 Å². The third-order valence-electron chi connectivity index (χ3n) is 3.18. The Morgan fingerprint density at radius 3 is 2.92 bits per heavy atom. The van der Waals surface area contributed by atoms with Crippen molar-refractivity contribution in [3.8, 4) is 5.75 Å². The van der Waals surface area contributed by atoms with Crippen molar-refractivity contribution in [3.63, 3.8) is 0 Å². The van der Waals surface area contributed by atoms with Crippen molar-refractivity contribution in [2.45, 2.75) is 0 Å². The van der Waals surface area contributed by atoms with Crippen LogP contribution in [0.3, 0.4) is 0 Å². The molecule has 0 spiro atoms. The van der Waals surface area contributed by atoms with Gasteiger partial charge in [-0.05, 0) is 29.8 Å². The SMILES string of the molecule is CNCCN(C)C(=O)Oc1ccccc1C(=O)Nc1n[nH]c(N=[N+]=[N-])n1. The fourth-order valence-electron chi connectivity index (χ4n) is 1.85. The first-order valence-electron chi connectivity index (χ1n) is 7.50. The van der Waals surface area contributed by atoms with Gasteiger partial charge >= 0.3 is 6.09 Å². The molecule has 1 aromatic carbocycles. The molecule has 2 amide bonds. The molecular formula is C14H17N9O3. The van der Waals surface area contributed by atoms with E-state index in [2.05, 4.69) is 35.8 Å². The summed E-state index contributed by atoms with van der Waals surface area (Å²) in [6, 6.07) is 6.26. The molecule has 0 bridgehead atoms. The summed E-state index contributed by atoms with van der Waals surface area (Å²) in [6.07, 6.45) is -0.593. The molecule has 26 heavy (non-hydrogen) atoms. The lowest BCUT2D eigenvalue weighted by atomic mass is 10.2. The number of amides is 2. The maximum absolute atomic E-state index is 12.4. The highest BCUT2D eigenvalue weighted by molar-refractivity contribution is 6.05. The zero-order valence-corrected chi connectivity index (χ0v) is 14.1. The minimum Gasteiger partial charge on any atom is -0.409 e. The van der Waals surface area contributed by atoms with Crippen molar-refractivity contribution < 1.29 is 14.3 Å². The number of nitrogens with one attached hydrogen (secondary N) is 3. The van der Waals surface area contributed by atoms with Crippen LogP contribution in [0.4, 0.5) is 16.7 Å². The first-order valence-corrected chi connectivity index (χ1v) is 7.50. The number of benzene rings is 1. The third-order valence-corrected chi connectivity index (χ3v) is 3.18. The fourth-order valence-corrected chi connectivity index (χ4v) is 1.85. The number of carbonyl (C=O) groups is 2. The molecule has 0 aliphatic carbocycles. The quantitative estimate of drug-likeness (QED) is 0.387. The molecule has 2 aromatic rings. The number of rotatable bonds is 7. The van der Waals surface area contributed by atoms with Crippen LogP contribution in [0.25, 0.3) is 10.4 Å². The highest BCUT2D eigenvalue weighted by Crippen LogP contribution is 2.20. The second-order valence-corrected chi connectivity index (χ2v) is 5.02. The molecule has 12 heteroatoms. The zero-order chi connectivity index (χ0) is 18.9. The minimum atomic E-state index is -0.593. The number of aromatic amines is 1. The lowest BCUT2D eigenvalue weighted by molar-refractivity contribution is 0.102. The first kappa shape index (κ1) is 18.7. The summed E-state index contributed by atoms with van der Waals surface area (Å²) in [5, 5.41) is 14.6. The van der Waals surface area contributed by atoms with E-state index in [-0.39, 0.29) is 23.2 Å². The van der Waals surface area contributed by atoms with Crippen LogP contribution in [-0.4, -0.2) is 59.3 Å². The lowest BCUT2D eigenvalue weighted by Gasteiger charge is -2.17. The van der Waals surface area contributed by atoms with E-state index in [1.165, 1.54) is 17.0 Å². The van der Waals surface area contributed by atoms with Gasteiger partial charge in [0.2, 0.25) is 11.9 Å². The fraction of sp³-hybridized carbons (Fsp3) is 0.286. The molecular weight excluding hydrogens is 342 g/mol. The maximum atomic E-state index is 12.4. The first-order chi connectivity index (χ1) is 12.5. The monoisotopic (exact) mass is 359 g/mol. The van der Waals surface area contributed by atoms with Crippen LogP contribution in [0.2, 0.25) is 0 Å². The van der Waals surface area contributed by atoms with Gasteiger partial charge in [0.05, 0.1) is 5.56 Å². The van der Waals surface area contributed by atoms with Crippen LogP contribution in [0.5, 0.6) is 5.75 Å². The van der Waals surface area contributed by atoms with Crippen LogP contribution in [0, 0.1) is 0 Å². The van der Waals surface area contributed by atoms with Crippen molar-refractivity contribution in [3.05, 3.63) is 40.3 Å². The lowest BCUT2D eigenvalue weighted by Crippen LogP contribution is -2.35. The van der Waals surface area contributed by atoms with Crippen LogP contribution in [0.1, 0.15) is 10.4 Å². The molecule has 0 aliphatic rings. The molecule has 0 aliphatic heterocycles. The Kier molecular flexibility index (Phi) is 6.48. The summed E-state index contributed by atoms with van der Waals surface area (Å²) >= 11 is 0. The van der Waals surface area contributed by atoms with Crippen molar-refractivity contribution in [2.24, 2.45) is 5.11 Å².